The van der Waals surface area contributed by atoms with E-state index in [1.165, 1.54) is 48.5 Å². The van der Waals surface area contributed by atoms with Crippen LogP contribution in [-0.2, 0) is 14.3 Å². The van der Waals surface area contributed by atoms with Crippen molar-refractivity contribution in [1.82, 2.24) is 5.32 Å². The van der Waals surface area contributed by atoms with Crippen LogP contribution in [0.3, 0.4) is 0 Å². The molecule has 0 radical (unpaired) electrons. The van der Waals surface area contributed by atoms with Crippen LogP contribution in [0.15, 0.2) is 48.5 Å². The van der Waals surface area contributed by atoms with Crippen LogP contribution in [0.5, 0.6) is 0 Å². The van der Waals surface area contributed by atoms with Gasteiger partial charge in [-0.25, -0.2) is 9.18 Å². The molecule has 0 aliphatic rings. The van der Waals surface area contributed by atoms with Crippen molar-refractivity contribution in [2.24, 2.45) is 5.73 Å². The molecule has 0 unspecified atom stereocenters. The lowest BCUT2D eigenvalue weighted by Gasteiger charge is -2.08. The van der Waals surface area contributed by atoms with Crippen molar-refractivity contribution in [2.45, 2.75) is 0 Å². The largest absolute Gasteiger partial charge is 0.452 e. The maximum Gasteiger partial charge on any atom is 0.338 e. The number of esters is 1. The van der Waals surface area contributed by atoms with Crippen LogP contribution in [0.1, 0.15) is 20.7 Å². The van der Waals surface area contributed by atoms with Gasteiger partial charge in [0.1, 0.15) is 5.82 Å². The molecule has 4 N–H and O–H groups in total. The second kappa shape index (κ2) is 9.09. The molecule has 0 atom stereocenters. The van der Waals surface area contributed by atoms with Crippen LogP contribution in [0.2, 0.25) is 0 Å². The summed E-state index contributed by atoms with van der Waals surface area (Å²) in [5.74, 6) is -3.03. The van der Waals surface area contributed by atoms with E-state index in [4.69, 9.17) is 10.5 Å². The highest BCUT2D eigenvalue weighted by Gasteiger charge is 2.12. The highest BCUT2D eigenvalue weighted by molar-refractivity contribution is 5.96. The van der Waals surface area contributed by atoms with Gasteiger partial charge in [-0.15, -0.1) is 0 Å². The Morgan fingerprint density at radius 3 is 2.07 bits per heavy atom. The Balaban J connectivity index is 1.73. The third-order valence-electron chi connectivity index (χ3n) is 3.31. The number of carbonyl (C=O) groups excluding carboxylic acids is 4. The molecular formula is C18H16FN3O5. The second-order valence-electron chi connectivity index (χ2n) is 5.35. The van der Waals surface area contributed by atoms with Gasteiger partial charge in [-0.1, -0.05) is 0 Å². The minimum absolute atomic E-state index is 0.141. The van der Waals surface area contributed by atoms with Gasteiger partial charge in [0.05, 0.1) is 12.1 Å². The number of anilines is 1. The number of halogens is 1. The monoisotopic (exact) mass is 373 g/mol. The number of primary amides is 1. The SMILES string of the molecule is NC(=O)c1ccc(C(=O)OCC(=O)NCC(=O)Nc2ccc(F)cc2)cc1. The summed E-state index contributed by atoms with van der Waals surface area (Å²) >= 11 is 0. The normalized spacial score (nSPS) is 9.96. The molecule has 0 spiro atoms. The predicted molar refractivity (Wildman–Crippen MR) is 93.3 cm³/mol. The lowest BCUT2D eigenvalue weighted by molar-refractivity contribution is -0.126. The van der Waals surface area contributed by atoms with Crippen LogP contribution in [0.25, 0.3) is 0 Å². The van der Waals surface area contributed by atoms with Gasteiger partial charge in [-0.2, -0.15) is 0 Å². The first-order valence-electron chi connectivity index (χ1n) is 7.74. The summed E-state index contributed by atoms with van der Waals surface area (Å²) in [5, 5.41) is 4.75. The summed E-state index contributed by atoms with van der Waals surface area (Å²) in [5.41, 5.74) is 5.84. The molecule has 0 aliphatic heterocycles. The summed E-state index contributed by atoms with van der Waals surface area (Å²) in [6.45, 7) is -0.929. The maximum absolute atomic E-state index is 12.8. The summed E-state index contributed by atoms with van der Waals surface area (Å²) in [7, 11) is 0. The average molecular weight is 373 g/mol. The van der Waals surface area contributed by atoms with Gasteiger partial charge in [-0.05, 0) is 48.5 Å². The van der Waals surface area contributed by atoms with Gasteiger partial charge in [0.25, 0.3) is 5.91 Å². The molecule has 140 valence electrons. The number of benzene rings is 2. The molecule has 8 nitrogen and oxygen atoms in total. The fraction of sp³-hybridized carbons (Fsp3) is 0.111. The van der Waals surface area contributed by atoms with E-state index in [0.29, 0.717) is 5.69 Å². The Labute approximate surface area is 153 Å². The van der Waals surface area contributed by atoms with Gasteiger partial charge in [0, 0.05) is 11.3 Å². The molecule has 2 aromatic carbocycles. The van der Waals surface area contributed by atoms with E-state index in [0.717, 1.165) is 0 Å². The first-order chi connectivity index (χ1) is 12.8. The summed E-state index contributed by atoms with van der Waals surface area (Å²) < 4.78 is 17.6. The standard InChI is InChI=1S/C18H16FN3O5/c19-13-5-7-14(8-6-13)22-15(23)9-21-16(24)10-27-18(26)12-3-1-11(2-4-12)17(20)25/h1-8H,9-10H2,(H2,20,25)(H,21,24)(H,22,23). The van der Waals surface area contributed by atoms with Crippen molar-refractivity contribution in [3.8, 4) is 0 Å². The van der Waals surface area contributed by atoms with Crippen LogP contribution in [0.4, 0.5) is 10.1 Å². The lowest BCUT2D eigenvalue weighted by atomic mass is 10.1. The van der Waals surface area contributed by atoms with Crippen LogP contribution < -0.4 is 16.4 Å². The molecule has 0 aromatic heterocycles. The van der Waals surface area contributed by atoms with E-state index >= 15 is 0 Å². The van der Waals surface area contributed by atoms with E-state index in [2.05, 4.69) is 10.6 Å². The summed E-state index contributed by atoms with van der Waals surface area (Å²) in [6, 6.07) is 10.5. The van der Waals surface area contributed by atoms with E-state index < -0.39 is 36.1 Å². The molecule has 0 saturated carbocycles. The Kier molecular flexibility index (Phi) is 6.59. The number of hydrogen-bond donors (Lipinski definition) is 3. The fourth-order valence-electron chi connectivity index (χ4n) is 1.95. The van der Waals surface area contributed by atoms with Crippen LogP contribution >= 0.6 is 0 Å². The van der Waals surface area contributed by atoms with Crippen molar-refractivity contribution in [1.29, 1.82) is 0 Å². The third kappa shape index (κ3) is 6.24. The third-order valence-corrected chi connectivity index (χ3v) is 3.31. The van der Waals surface area contributed by atoms with Crippen molar-refractivity contribution >= 4 is 29.4 Å². The molecule has 3 amide bonds. The quantitative estimate of drug-likeness (QED) is 0.620. The number of nitrogens with one attached hydrogen (secondary N) is 2. The van der Waals surface area contributed by atoms with Crippen LogP contribution in [0, 0.1) is 5.82 Å². The lowest BCUT2D eigenvalue weighted by Crippen LogP contribution is -2.35. The zero-order valence-electron chi connectivity index (χ0n) is 14.0. The van der Waals surface area contributed by atoms with E-state index in [1.54, 1.807) is 0 Å². The van der Waals surface area contributed by atoms with Crippen LogP contribution in [-0.4, -0.2) is 36.8 Å². The topological polar surface area (TPSA) is 128 Å². The number of amides is 3. The number of rotatable bonds is 7. The molecule has 0 aliphatic carbocycles. The number of hydrogen-bond acceptors (Lipinski definition) is 5. The maximum atomic E-state index is 12.8. The number of nitrogens with two attached hydrogens (primary N) is 1. The highest BCUT2D eigenvalue weighted by atomic mass is 19.1. The van der Waals surface area contributed by atoms with Crippen molar-refractivity contribution in [2.75, 3.05) is 18.5 Å². The molecule has 0 saturated heterocycles. The van der Waals surface area contributed by atoms with E-state index in [1.807, 2.05) is 0 Å². The molecule has 2 rings (SSSR count). The van der Waals surface area contributed by atoms with Gasteiger partial charge in [0.15, 0.2) is 6.61 Å². The van der Waals surface area contributed by atoms with E-state index in [9.17, 15) is 23.6 Å². The van der Waals surface area contributed by atoms with Crippen molar-refractivity contribution in [3.63, 3.8) is 0 Å². The fourth-order valence-corrected chi connectivity index (χ4v) is 1.95. The molecule has 2 aromatic rings. The Bertz CT molecular complexity index is 850. The van der Waals surface area contributed by atoms with Crippen molar-refractivity contribution in [3.05, 3.63) is 65.5 Å². The summed E-state index contributed by atoms with van der Waals surface area (Å²) in [6.07, 6.45) is 0. The molecule has 0 bridgehead atoms. The first-order valence-corrected chi connectivity index (χ1v) is 7.74. The second-order valence-corrected chi connectivity index (χ2v) is 5.35. The zero-order valence-corrected chi connectivity index (χ0v) is 14.0. The van der Waals surface area contributed by atoms with E-state index in [-0.39, 0.29) is 17.7 Å². The summed E-state index contributed by atoms with van der Waals surface area (Å²) in [4.78, 5) is 46.1. The Morgan fingerprint density at radius 1 is 0.889 bits per heavy atom. The van der Waals surface area contributed by atoms with Gasteiger partial charge < -0.3 is 21.1 Å². The first kappa shape index (κ1) is 19.6. The zero-order chi connectivity index (χ0) is 19.8. The number of carbonyl (C=O) groups is 4. The Morgan fingerprint density at radius 2 is 1.48 bits per heavy atom. The van der Waals surface area contributed by atoms with Gasteiger partial charge >= 0.3 is 5.97 Å². The number of ether oxygens (including phenoxy) is 1. The average Bonchev–Trinajstić information content (AvgIpc) is 2.66. The molecule has 9 heteroatoms. The molecule has 27 heavy (non-hydrogen) atoms. The highest BCUT2D eigenvalue weighted by Crippen LogP contribution is 2.08. The van der Waals surface area contributed by atoms with Gasteiger partial charge in [-0.3, -0.25) is 14.4 Å². The molecular weight excluding hydrogens is 357 g/mol. The van der Waals surface area contributed by atoms with Gasteiger partial charge in [0.2, 0.25) is 11.8 Å². The smallest absolute Gasteiger partial charge is 0.338 e. The Hall–Kier alpha value is -3.75. The molecule has 0 fully saturated rings. The molecule has 0 heterocycles. The minimum Gasteiger partial charge on any atom is -0.452 e. The predicted octanol–water partition coefficient (Wildman–Crippen LogP) is 0.836. The minimum atomic E-state index is -0.767. The van der Waals surface area contributed by atoms with Crippen molar-refractivity contribution < 1.29 is 28.3 Å².